The van der Waals surface area contributed by atoms with Crippen LogP contribution >= 0.6 is 0 Å². The van der Waals surface area contributed by atoms with Gasteiger partial charge in [-0.3, -0.25) is 14.6 Å². The summed E-state index contributed by atoms with van der Waals surface area (Å²) < 4.78 is 4.29. The predicted molar refractivity (Wildman–Crippen MR) is 111 cm³/mol. The monoisotopic (exact) mass is 382 g/mol. The molecule has 4 aromatic rings. The molecule has 0 spiro atoms. The van der Waals surface area contributed by atoms with Gasteiger partial charge in [0.2, 0.25) is 0 Å². The maximum Gasteiger partial charge on any atom is 0.115 e. The number of aromatic nitrogens is 6. The number of hydrogen-bond donors (Lipinski definition) is 0. The van der Waals surface area contributed by atoms with E-state index in [1.807, 2.05) is 38.6 Å². The van der Waals surface area contributed by atoms with Crippen molar-refractivity contribution in [1.82, 2.24) is 29.3 Å². The van der Waals surface area contributed by atoms with Gasteiger partial charge in [0.1, 0.15) is 11.5 Å². The van der Waals surface area contributed by atoms with Crippen molar-refractivity contribution in [3.63, 3.8) is 0 Å². The van der Waals surface area contributed by atoms with Crippen LogP contribution in [0, 0.1) is 6.92 Å². The van der Waals surface area contributed by atoms with Crippen molar-refractivity contribution in [2.24, 2.45) is 7.05 Å². The van der Waals surface area contributed by atoms with Crippen LogP contribution in [0.1, 0.15) is 42.7 Å². The van der Waals surface area contributed by atoms with Crippen molar-refractivity contribution in [2.45, 2.75) is 38.1 Å². The highest BCUT2D eigenvalue weighted by molar-refractivity contribution is 5.80. The standard InChI is InChI=1S/C23H22N6/c1-14-4-3-5-19(26-14)21-22(29-18-7-6-16(10-18)23(29)27-21)15-8-9-24-20(11-15)17-12-25-28(2)13-17/h3-5,8-9,11-13,16,18H,6-7,10H2,1-2H3/t16-,18+/m0/s1. The maximum absolute atomic E-state index is 5.13. The molecule has 6 nitrogen and oxygen atoms in total. The van der Waals surface area contributed by atoms with Gasteiger partial charge >= 0.3 is 0 Å². The summed E-state index contributed by atoms with van der Waals surface area (Å²) in [6.07, 6.45) is 9.45. The molecule has 4 aromatic heterocycles. The van der Waals surface area contributed by atoms with Crippen LogP contribution in [0.4, 0.5) is 0 Å². The highest BCUT2D eigenvalue weighted by Gasteiger charge is 2.41. The largest absolute Gasteiger partial charge is 0.324 e. The van der Waals surface area contributed by atoms with Crippen molar-refractivity contribution in [1.29, 1.82) is 0 Å². The second-order valence-electron chi connectivity index (χ2n) is 8.20. The first-order valence-electron chi connectivity index (χ1n) is 10.2. The number of fused-ring (bicyclic) bond motifs is 5. The molecular weight excluding hydrogens is 360 g/mol. The molecule has 6 heteroatoms. The number of aryl methyl sites for hydroxylation is 2. The Balaban J connectivity index is 1.57. The van der Waals surface area contributed by atoms with Crippen molar-refractivity contribution in [3.05, 3.63) is 60.4 Å². The quantitative estimate of drug-likeness (QED) is 0.522. The Labute approximate surface area is 169 Å². The maximum atomic E-state index is 5.13. The average molecular weight is 382 g/mol. The van der Waals surface area contributed by atoms with Crippen LogP contribution in [0.2, 0.25) is 0 Å². The lowest BCUT2D eigenvalue weighted by atomic mass is 10.1. The lowest BCUT2D eigenvalue weighted by Gasteiger charge is -2.17. The first-order chi connectivity index (χ1) is 14.2. The van der Waals surface area contributed by atoms with Crippen molar-refractivity contribution in [2.75, 3.05) is 0 Å². The van der Waals surface area contributed by atoms with Crippen LogP contribution in [-0.4, -0.2) is 29.3 Å². The third kappa shape index (κ3) is 2.55. The fourth-order valence-electron chi connectivity index (χ4n) is 4.95. The molecule has 6 rings (SSSR count). The Morgan fingerprint density at radius 1 is 1.03 bits per heavy atom. The van der Waals surface area contributed by atoms with Crippen LogP contribution in [0.5, 0.6) is 0 Å². The summed E-state index contributed by atoms with van der Waals surface area (Å²) in [5.74, 6) is 1.81. The van der Waals surface area contributed by atoms with Crippen LogP contribution in [0.25, 0.3) is 33.9 Å². The van der Waals surface area contributed by atoms with Gasteiger partial charge in [0, 0.05) is 48.2 Å². The molecule has 5 heterocycles. The number of rotatable bonds is 3. The number of imidazole rings is 1. The Morgan fingerprint density at radius 2 is 1.97 bits per heavy atom. The highest BCUT2D eigenvalue weighted by atomic mass is 15.2. The number of pyridine rings is 2. The summed E-state index contributed by atoms with van der Waals surface area (Å²) >= 11 is 0. The second-order valence-corrected chi connectivity index (χ2v) is 8.20. The summed E-state index contributed by atoms with van der Waals surface area (Å²) in [6.45, 7) is 2.03. The Bertz CT molecular complexity index is 1230. The van der Waals surface area contributed by atoms with E-state index < -0.39 is 0 Å². The van der Waals surface area contributed by atoms with Gasteiger partial charge in [0.15, 0.2) is 0 Å². The molecule has 0 saturated heterocycles. The van der Waals surface area contributed by atoms with Crippen LogP contribution in [-0.2, 0) is 7.05 Å². The van der Waals surface area contributed by atoms with E-state index in [9.17, 15) is 0 Å². The SMILES string of the molecule is Cc1cccc(-c2nc3n(c2-c2ccnc(-c4cnn(C)c4)c2)[C@@H]2CC[C@H]3C2)n1. The zero-order valence-electron chi connectivity index (χ0n) is 16.6. The zero-order valence-corrected chi connectivity index (χ0v) is 16.6. The Hall–Kier alpha value is -3.28. The predicted octanol–water partition coefficient (Wildman–Crippen LogP) is 4.54. The molecule has 0 aromatic carbocycles. The summed E-state index contributed by atoms with van der Waals surface area (Å²) in [4.78, 5) is 14.5. The lowest BCUT2D eigenvalue weighted by molar-refractivity contribution is 0.530. The third-order valence-electron chi connectivity index (χ3n) is 6.24. The van der Waals surface area contributed by atoms with Gasteiger partial charge in [-0.25, -0.2) is 4.98 Å². The molecule has 1 fully saturated rings. The van der Waals surface area contributed by atoms with Gasteiger partial charge in [-0.2, -0.15) is 5.10 Å². The first kappa shape index (κ1) is 16.7. The van der Waals surface area contributed by atoms with Gasteiger partial charge < -0.3 is 4.57 Å². The van der Waals surface area contributed by atoms with Gasteiger partial charge in [-0.15, -0.1) is 0 Å². The number of nitrogens with zero attached hydrogens (tertiary/aromatic N) is 6. The van der Waals surface area contributed by atoms with Crippen molar-refractivity contribution in [3.8, 4) is 33.9 Å². The van der Waals surface area contributed by atoms with E-state index in [1.165, 1.54) is 30.8 Å². The molecule has 0 radical (unpaired) electrons. The molecule has 0 unspecified atom stereocenters. The second kappa shape index (κ2) is 6.11. The van der Waals surface area contributed by atoms with Gasteiger partial charge in [0.05, 0.1) is 23.3 Å². The fraction of sp³-hybridized carbons (Fsp3) is 0.304. The Kier molecular flexibility index (Phi) is 3.51. The van der Waals surface area contributed by atoms with Crippen molar-refractivity contribution < 1.29 is 0 Å². The van der Waals surface area contributed by atoms with E-state index in [1.54, 1.807) is 4.68 Å². The van der Waals surface area contributed by atoms with Crippen LogP contribution in [0.15, 0.2) is 48.9 Å². The average Bonchev–Trinajstić information content (AvgIpc) is 3.49. The summed E-state index contributed by atoms with van der Waals surface area (Å²) in [7, 11) is 1.93. The topological polar surface area (TPSA) is 61.4 Å². The summed E-state index contributed by atoms with van der Waals surface area (Å²) in [6, 6.07) is 11.0. The molecule has 1 aliphatic carbocycles. The third-order valence-corrected chi connectivity index (χ3v) is 6.24. The van der Waals surface area contributed by atoms with Crippen LogP contribution < -0.4 is 0 Å². The highest BCUT2D eigenvalue weighted by Crippen LogP contribution is 2.52. The zero-order chi connectivity index (χ0) is 19.5. The van der Waals surface area contributed by atoms with Crippen molar-refractivity contribution >= 4 is 0 Å². The molecule has 2 atom stereocenters. The molecule has 1 aliphatic heterocycles. The molecule has 0 N–H and O–H groups in total. The minimum absolute atomic E-state index is 0.547. The molecule has 2 bridgehead atoms. The minimum Gasteiger partial charge on any atom is -0.324 e. The molecule has 2 aliphatic rings. The van der Waals surface area contributed by atoms with Gasteiger partial charge in [-0.1, -0.05) is 6.07 Å². The molecule has 29 heavy (non-hydrogen) atoms. The van der Waals surface area contributed by atoms with Gasteiger partial charge in [-0.05, 0) is 50.5 Å². The molecular formula is C23H22N6. The van der Waals surface area contributed by atoms with E-state index in [0.29, 0.717) is 12.0 Å². The smallest absolute Gasteiger partial charge is 0.115 e. The van der Waals surface area contributed by atoms with E-state index in [0.717, 1.165) is 33.9 Å². The van der Waals surface area contributed by atoms with Crippen LogP contribution in [0.3, 0.4) is 0 Å². The fourth-order valence-corrected chi connectivity index (χ4v) is 4.95. The Morgan fingerprint density at radius 3 is 2.79 bits per heavy atom. The normalized spacial score (nSPS) is 19.7. The van der Waals surface area contributed by atoms with E-state index in [-0.39, 0.29) is 0 Å². The summed E-state index contributed by atoms with van der Waals surface area (Å²) in [5, 5.41) is 4.30. The van der Waals surface area contributed by atoms with E-state index in [4.69, 9.17) is 9.97 Å². The first-order valence-corrected chi connectivity index (χ1v) is 10.2. The van der Waals surface area contributed by atoms with Gasteiger partial charge in [0.25, 0.3) is 0 Å². The molecule has 1 saturated carbocycles. The molecule has 144 valence electrons. The van der Waals surface area contributed by atoms with E-state index in [2.05, 4.69) is 38.9 Å². The lowest BCUT2D eigenvalue weighted by Crippen LogP contribution is -2.08. The number of hydrogen-bond acceptors (Lipinski definition) is 4. The van der Waals surface area contributed by atoms with E-state index >= 15 is 0 Å². The summed E-state index contributed by atoms with van der Waals surface area (Å²) in [5.41, 5.74) is 7.21. The molecule has 0 amide bonds. The minimum atomic E-state index is 0.547.